The zero-order valence-electron chi connectivity index (χ0n) is 19.5. The number of benzene rings is 2. The minimum atomic E-state index is -0.514. The predicted octanol–water partition coefficient (Wildman–Crippen LogP) is 3.53. The standard InChI is InChI=1S/C26H31N5O2S/c1-20-28-25-15-24(7-8-26(25)34-20)33-19-23(32)18-30-11-9-29(10-12-30)13-14-31-17-22(16-27-31)21-5-3-2-4-6-21/h2-8,15-17,23,32H,9-14,18-19H2,1H3/t23-/m1/s1. The SMILES string of the molecule is Cc1nc2cc(OC[C@H](O)CN3CCN(CCn4cc(-c5ccccc5)cn4)CC3)ccc2s1. The van der Waals surface area contributed by atoms with E-state index in [4.69, 9.17) is 4.74 Å². The Labute approximate surface area is 204 Å². The van der Waals surface area contributed by atoms with Crippen LogP contribution in [0.4, 0.5) is 0 Å². The fraction of sp³-hybridized carbons (Fsp3) is 0.385. The molecule has 2 aromatic carbocycles. The monoisotopic (exact) mass is 477 g/mol. The first kappa shape index (κ1) is 23.0. The number of β-amino-alcohol motifs (C(OH)–C–C–N with tert-alkyl or cyclic N) is 1. The van der Waals surface area contributed by atoms with Crippen molar-refractivity contribution in [1.29, 1.82) is 0 Å². The van der Waals surface area contributed by atoms with Crippen LogP contribution in [-0.2, 0) is 6.54 Å². The van der Waals surface area contributed by atoms with Crippen molar-refractivity contribution in [3.63, 3.8) is 0 Å². The quantitative estimate of drug-likeness (QED) is 0.398. The zero-order chi connectivity index (χ0) is 23.3. The van der Waals surface area contributed by atoms with Gasteiger partial charge in [-0.15, -0.1) is 11.3 Å². The lowest BCUT2D eigenvalue weighted by molar-refractivity contribution is 0.0453. The fourth-order valence-corrected chi connectivity index (χ4v) is 5.17. The third-order valence-corrected chi connectivity index (χ3v) is 7.18. The van der Waals surface area contributed by atoms with Crippen molar-refractivity contribution in [2.45, 2.75) is 19.6 Å². The number of thiazole rings is 1. The van der Waals surface area contributed by atoms with Crippen LogP contribution in [0.5, 0.6) is 5.75 Å². The molecule has 0 spiro atoms. The molecule has 3 heterocycles. The van der Waals surface area contributed by atoms with Crippen LogP contribution in [0, 0.1) is 6.92 Å². The van der Waals surface area contributed by atoms with Crippen molar-refractivity contribution in [3.8, 4) is 16.9 Å². The van der Waals surface area contributed by atoms with Crippen molar-refractivity contribution >= 4 is 21.6 Å². The largest absolute Gasteiger partial charge is 0.491 e. The van der Waals surface area contributed by atoms with Crippen LogP contribution in [-0.4, -0.2) is 81.7 Å². The number of aliphatic hydroxyl groups is 1. The lowest BCUT2D eigenvalue weighted by atomic mass is 10.1. The molecular formula is C26H31N5O2S. The van der Waals surface area contributed by atoms with E-state index >= 15 is 0 Å². The molecule has 8 heteroatoms. The normalized spacial score (nSPS) is 16.2. The summed E-state index contributed by atoms with van der Waals surface area (Å²) in [6, 6.07) is 16.3. The molecule has 0 aliphatic carbocycles. The Morgan fingerprint density at radius 2 is 1.79 bits per heavy atom. The van der Waals surface area contributed by atoms with Crippen LogP contribution in [0.15, 0.2) is 60.9 Å². The van der Waals surface area contributed by atoms with Gasteiger partial charge in [0.1, 0.15) is 18.5 Å². The van der Waals surface area contributed by atoms with Crippen LogP contribution >= 0.6 is 11.3 Å². The van der Waals surface area contributed by atoms with Crippen molar-refractivity contribution in [2.24, 2.45) is 0 Å². The number of rotatable bonds is 9. The molecule has 1 atom stereocenters. The number of aromatic nitrogens is 3. The molecule has 0 bridgehead atoms. The molecule has 0 amide bonds. The van der Waals surface area contributed by atoms with Crippen molar-refractivity contribution in [3.05, 3.63) is 65.9 Å². The highest BCUT2D eigenvalue weighted by Crippen LogP contribution is 2.25. The van der Waals surface area contributed by atoms with E-state index < -0.39 is 6.10 Å². The first-order valence-electron chi connectivity index (χ1n) is 11.8. The van der Waals surface area contributed by atoms with Crippen LogP contribution in [0.3, 0.4) is 0 Å². The first-order valence-corrected chi connectivity index (χ1v) is 12.6. The Bertz CT molecular complexity index is 1200. The summed E-state index contributed by atoms with van der Waals surface area (Å²) in [6.07, 6.45) is 3.54. The van der Waals surface area contributed by atoms with E-state index in [0.717, 1.165) is 65.8 Å². The molecule has 34 heavy (non-hydrogen) atoms. The molecule has 7 nitrogen and oxygen atoms in total. The van der Waals surface area contributed by atoms with E-state index in [1.807, 2.05) is 42.1 Å². The molecule has 0 radical (unpaired) electrons. The Kier molecular flexibility index (Phi) is 7.20. The number of fused-ring (bicyclic) bond motifs is 1. The number of hydrogen-bond donors (Lipinski definition) is 1. The molecular weight excluding hydrogens is 446 g/mol. The van der Waals surface area contributed by atoms with E-state index in [9.17, 15) is 5.11 Å². The molecule has 1 N–H and O–H groups in total. The van der Waals surface area contributed by atoms with E-state index in [0.29, 0.717) is 6.54 Å². The number of nitrogens with zero attached hydrogens (tertiary/aromatic N) is 5. The van der Waals surface area contributed by atoms with E-state index in [1.54, 1.807) is 11.3 Å². The van der Waals surface area contributed by atoms with E-state index in [1.165, 1.54) is 5.56 Å². The zero-order valence-corrected chi connectivity index (χ0v) is 20.3. The molecule has 178 valence electrons. The summed E-state index contributed by atoms with van der Waals surface area (Å²) in [7, 11) is 0. The minimum absolute atomic E-state index is 0.290. The topological polar surface area (TPSA) is 66.7 Å². The van der Waals surface area contributed by atoms with Gasteiger partial charge in [0.25, 0.3) is 0 Å². The summed E-state index contributed by atoms with van der Waals surface area (Å²) >= 11 is 1.68. The van der Waals surface area contributed by atoms with E-state index in [2.05, 4.69) is 50.3 Å². The smallest absolute Gasteiger partial charge is 0.121 e. The maximum Gasteiger partial charge on any atom is 0.121 e. The summed E-state index contributed by atoms with van der Waals surface area (Å²) in [4.78, 5) is 9.29. The van der Waals surface area contributed by atoms with Crippen LogP contribution in [0.1, 0.15) is 5.01 Å². The summed E-state index contributed by atoms with van der Waals surface area (Å²) in [6.45, 7) is 8.70. The average Bonchev–Trinajstić information content (AvgIpc) is 3.48. The van der Waals surface area contributed by atoms with Gasteiger partial charge in [-0.05, 0) is 24.6 Å². The Balaban J connectivity index is 1.02. The molecule has 1 aliphatic heterocycles. The highest BCUT2D eigenvalue weighted by molar-refractivity contribution is 7.18. The van der Waals surface area contributed by atoms with Gasteiger partial charge in [0.2, 0.25) is 0 Å². The van der Waals surface area contributed by atoms with E-state index in [-0.39, 0.29) is 6.61 Å². The Morgan fingerprint density at radius 3 is 2.62 bits per heavy atom. The summed E-state index contributed by atoms with van der Waals surface area (Å²) in [5.74, 6) is 0.760. The van der Waals surface area contributed by atoms with Gasteiger partial charge in [0, 0.05) is 57.1 Å². The van der Waals surface area contributed by atoms with Gasteiger partial charge in [-0.2, -0.15) is 5.10 Å². The third kappa shape index (κ3) is 5.82. The number of hydrogen-bond acceptors (Lipinski definition) is 7. The third-order valence-electron chi connectivity index (χ3n) is 6.23. The van der Waals surface area contributed by atoms with Crippen molar-refractivity contribution < 1.29 is 9.84 Å². The molecule has 1 aliphatic rings. The second-order valence-corrected chi connectivity index (χ2v) is 10.1. The van der Waals surface area contributed by atoms with Gasteiger partial charge in [-0.1, -0.05) is 30.3 Å². The maximum atomic E-state index is 10.5. The summed E-state index contributed by atoms with van der Waals surface area (Å²) in [5, 5.41) is 16.1. The number of aryl methyl sites for hydroxylation is 1. The Morgan fingerprint density at radius 1 is 1.00 bits per heavy atom. The van der Waals surface area contributed by atoms with Crippen LogP contribution in [0.2, 0.25) is 0 Å². The lowest BCUT2D eigenvalue weighted by Gasteiger charge is -2.35. The van der Waals surface area contributed by atoms with Gasteiger partial charge >= 0.3 is 0 Å². The second kappa shape index (κ2) is 10.7. The fourth-order valence-electron chi connectivity index (χ4n) is 4.36. The summed E-state index contributed by atoms with van der Waals surface area (Å²) < 4.78 is 9.02. The van der Waals surface area contributed by atoms with Crippen molar-refractivity contribution in [1.82, 2.24) is 24.6 Å². The number of ether oxygens (including phenoxy) is 1. The van der Waals surface area contributed by atoms with Crippen molar-refractivity contribution in [2.75, 3.05) is 45.9 Å². The van der Waals surface area contributed by atoms with Gasteiger partial charge < -0.3 is 9.84 Å². The second-order valence-electron chi connectivity index (χ2n) is 8.83. The molecule has 0 unspecified atom stereocenters. The van der Waals surface area contributed by atoms with Gasteiger partial charge in [-0.3, -0.25) is 14.5 Å². The Hall–Kier alpha value is -2.78. The van der Waals surface area contributed by atoms with Gasteiger partial charge in [-0.25, -0.2) is 4.98 Å². The molecule has 4 aromatic rings. The lowest BCUT2D eigenvalue weighted by Crippen LogP contribution is -2.49. The number of piperazine rings is 1. The number of aliphatic hydroxyl groups excluding tert-OH is 1. The average molecular weight is 478 g/mol. The van der Waals surface area contributed by atoms with Crippen LogP contribution < -0.4 is 4.74 Å². The first-order chi connectivity index (χ1) is 16.6. The highest BCUT2D eigenvalue weighted by atomic mass is 32.1. The molecule has 1 fully saturated rings. The minimum Gasteiger partial charge on any atom is -0.491 e. The maximum absolute atomic E-state index is 10.5. The van der Waals surface area contributed by atoms with Crippen LogP contribution in [0.25, 0.3) is 21.3 Å². The van der Waals surface area contributed by atoms with Gasteiger partial charge in [0.05, 0.1) is 28.0 Å². The van der Waals surface area contributed by atoms with Gasteiger partial charge in [0.15, 0.2) is 0 Å². The predicted molar refractivity (Wildman–Crippen MR) is 136 cm³/mol. The molecule has 5 rings (SSSR count). The molecule has 2 aromatic heterocycles. The highest BCUT2D eigenvalue weighted by Gasteiger charge is 2.19. The summed E-state index contributed by atoms with van der Waals surface area (Å²) in [5.41, 5.74) is 3.31. The molecule has 0 saturated carbocycles. The molecule has 1 saturated heterocycles.